The Morgan fingerprint density at radius 1 is 1.27 bits per heavy atom. The summed E-state index contributed by atoms with van der Waals surface area (Å²) in [5.41, 5.74) is 3.76. The van der Waals surface area contributed by atoms with Crippen molar-refractivity contribution in [3.05, 3.63) is 58.7 Å². The van der Waals surface area contributed by atoms with Gasteiger partial charge in [-0.25, -0.2) is 4.98 Å². The van der Waals surface area contributed by atoms with Gasteiger partial charge in [-0.05, 0) is 43.2 Å². The molecule has 0 aliphatic rings. The van der Waals surface area contributed by atoms with Crippen molar-refractivity contribution in [3.63, 3.8) is 0 Å². The number of rotatable bonds is 4. The molecule has 5 nitrogen and oxygen atoms in total. The third-order valence-electron chi connectivity index (χ3n) is 4.11. The van der Waals surface area contributed by atoms with Gasteiger partial charge in [-0.2, -0.15) is 5.26 Å². The van der Waals surface area contributed by atoms with Crippen LogP contribution in [0.1, 0.15) is 16.7 Å². The van der Waals surface area contributed by atoms with Crippen molar-refractivity contribution in [2.75, 3.05) is 12.4 Å². The van der Waals surface area contributed by atoms with E-state index in [1.54, 1.807) is 19.2 Å². The van der Waals surface area contributed by atoms with Gasteiger partial charge in [0.2, 0.25) is 0 Å². The van der Waals surface area contributed by atoms with Crippen LogP contribution in [0, 0.1) is 25.2 Å². The Morgan fingerprint density at radius 3 is 2.77 bits per heavy atom. The van der Waals surface area contributed by atoms with Gasteiger partial charge in [0.1, 0.15) is 17.4 Å². The van der Waals surface area contributed by atoms with E-state index in [9.17, 15) is 10.1 Å². The van der Waals surface area contributed by atoms with Crippen molar-refractivity contribution in [2.24, 2.45) is 0 Å². The van der Waals surface area contributed by atoms with Crippen LogP contribution >= 0.6 is 11.3 Å². The lowest BCUT2D eigenvalue weighted by Crippen LogP contribution is -2.13. The molecule has 0 atom stereocenters. The van der Waals surface area contributed by atoms with Gasteiger partial charge in [0.15, 0.2) is 5.13 Å². The van der Waals surface area contributed by atoms with E-state index in [0.29, 0.717) is 16.4 Å². The zero-order chi connectivity index (χ0) is 18.7. The molecule has 0 bridgehead atoms. The molecule has 3 aromatic rings. The molecule has 1 heterocycles. The van der Waals surface area contributed by atoms with Crippen LogP contribution < -0.4 is 10.1 Å². The molecule has 0 aliphatic heterocycles. The van der Waals surface area contributed by atoms with Crippen LogP contribution in [0.2, 0.25) is 0 Å². The fourth-order valence-corrected chi connectivity index (χ4v) is 3.45. The van der Waals surface area contributed by atoms with E-state index in [1.807, 2.05) is 44.2 Å². The first-order chi connectivity index (χ1) is 12.5. The monoisotopic (exact) mass is 363 g/mol. The summed E-state index contributed by atoms with van der Waals surface area (Å²) in [7, 11) is 1.55. The summed E-state index contributed by atoms with van der Waals surface area (Å²) in [4.78, 5) is 17.0. The number of ether oxygens (including phenoxy) is 1. The molecular weight excluding hydrogens is 346 g/mol. The van der Waals surface area contributed by atoms with Crippen molar-refractivity contribution >= 4 is 38.7 Å². The molecule has 6 heteroatoms. The molecule has 3 rings (SSSR count). The summed E-state index contributed by atoms with van der Waals surface area (Å²) in [6.07, 6.45) is 1.51. The van der Waals surface area contributed by atoms with Gasteiger partial charge in [-0.15, -0.1) is 0 Å². The Balaban J connectivity index is 1.90. The number of nitriles is 1. The predicted octanol–water partition coefficient (Wildman–Crippen LogP) is 4.47. The van der Waals surface area contributed by atoms with Gasteiger partial charge in [0.25, 0.3) is 5.91 Å². The molecule has 0 aliphatic carbocycles. The van der Waals surface area contributed by atoms with Crippen molar-refractivity contribution in [1.82, 2.24) is 4.98 Å². The van der Waals surface area contributed by atoms with E-state index in [2.05, 4.69) is 10.3 Å². The fraction of sp³-hybridized carbons (Fsp3) is 0.150. The van der Waals surface area contributed by atoms with Crippen LogP contribution in [-0.4, -0.2) is 18.0 Å². The van der Waals surface area contributed by atoms with Crippen LogP contribution in [0.4, 0.5) is 5.13 Å². The minimum absolute atomic E-state index is 0.0124. The van der Waals surface area contributed by atoms with E-state index in [-0.39, 0.29) is 5.57 Å². The number of thiazole rings is 1. The first-order valence-electron chi connectivity index (χ1n) is 7.96. The molecule has 0 unspecified atom stereocenters. The molecule has 0 saturated carbocycles. The van der Waals surface area contributed by atoms with Gasteiger partial charge in [0, 0.05) is 5.56 Å². The molecule has 26 heavy (non-hydrogen) atoms. The summed E-state index contributed by atoms with van der Waals surface area (Å²) >= 11 is 1.39. The van der Waals surface area contributed by atoms with Crippen molar-refractivity contribution in [1.29, 1.82) is 5.26 Å². The molecule has 2 aromatic carbocycles. The van der Waals surface area contributed by atoms with E-state index in [4.69, 9.17) is 4.74 Å². The topological polar surface area (TPSA) is 75.0 Å². The molecule has 0 spiro atoms. The fourth-order valence-electron chi connectivity index (χ4n) is 2.53. The smallest absolute Gasteiger partial charge is 0.268 e. The van der Waals surface area contributed by atoms with Crippen molar-refractivity contribution in [3.8, 4) is 11.8 Å². The second-order valence-electron chi connectivity index (χ2n) is 5.74. The highest BCUT2D eigenvalue weighted by Crippen LogP contribution is 2.30. The largest absolute Gasteiger partial charge is 0.496 e. The van der Waals surface area contributed by atoms with E-state index < -0.39 is 5.91 Å². The second kappa shape index (κ2) is 7.38. The Bertz CT molecular complexity index is 1060. The average molecular weight is 363 g/mol. The molecular formula is C20H17N3O2S. The molecule has 0 saturated heterocycles. The SMILES string of the molecule is COc1ccccc1/C=C(\C#N)C(=O)Nc1nc2c(C)c(C)ccc2s1. The maximum absolute atomic E-state index is 12.5. The second-order valence-corrected chi connectivity index (χ2v) is 6.77. The number of para-hydroxylation sites is 1. The highest BCUT2D eigenvalue weighted by Gasteiger charge is 2.14. The van der Waals surface area contributed by atoms with Gasteiger partial charge in [-0.3, -0.25) is 10.1 Å². The summed E-state index contributed by atoms with van der Waals surface area (Å²) in [6.45, 7) is 4.03. The quantitative estimate of drug-likeness (QED) is 0.548. The third kappa shape index (κ3) is 3.44. The van der Waals surface area contributed by atoms with Gasteiger partial charge in [0.05, 0.1) is 17.3 Å². The first kappa shape index (κ1) is 17.6. The van der Waals surface area contributed by atoms with Gasteiger partial charge < -0.3 is 4.74 Å². The Kier molecular flexibility index (Phi) is 5.01. The number of nitrogens with one attached hydrogen (secondary N) is 1. The number of methoxy groups -OCH3 is 1. The lowest BCUT2D eigenvalue weighted by molar-refractivity contribution is -0.112. The number of anilines is 1. The number of hydrogen-bond donors (Lipinski definition) is 1. The Morgan fingerprint density at radius 2 is 2.04 bits per heavy atom. The minimum Gasteiger partial charge on any atom is -0.496 e. The normalized spacial score (nSPS) is 11.2. The molecule has 0 fully saturated rings. The lowest BCUT2D eigenvalue weighted by Gasteiger charge is -2.05. The number of benzene rings is 2. The van der Waals surface area contributed by atoms with Gasteiger partial charge >= 0.3 is 0 Å². The van der Waals surface area contributed by atoms with Crippen molar-refractivity contribution in [2.45, 2.75) is 13.8 Å². The predicted molar refractivity (Wildman–Crippen MR) is 104 cm³/mol. The average Bonchev–Trinajstić information content (AvgIpc) is 3.06. The lowest BCUT2D eigenvalue weighted by atomic mass is 10.1. The summed E-state index contributed by atoms with van der Waals surface area (Å²) in [5, 5.41) is 12.6. The van der Waals surface area contributed by atoms with Crippen LogP contribution in [0.25, 0.3) is 16.3 Å². The highest BCUT2D eigenvalue weighted by atomic mass is 32.1. The molecule has 1 aromatic heterocycles. The minimum atomic E-state index is -0.494. The zero-order valence-corrected chi connectivity index (χ0v) is 15.5. The van der Waals surface area contributed by atoms with E-state index in [0.717, 1.165) is 21.3 Å². The maximum atomic E-state index is 12.5. The van der Waals surface area contributed by atoms with Crippen LogP contribution in [-0.2, 0) is 4.79 Å². The number of aryl methyl sites for hydroxylation is 2. The number of nitrogens with zero attached hydrogens (tertiary/aromatic N) is 2. The number of fused-ring (bicyclic) bond motifs is 1. The summed E-state index contributed by atoms with van der Waals surface area (Å²) in [6, 6.07) is 13.2. The highest BCUT2D eigenvalue weighted by molar-refractivity contribution is 7.22. The maximum Gasteiger partial charge on any atom is 0.268 e. The molecule has 1 amide bonds. The summed E-state index contributed by atoms with van der Waals surface area (Å²) in [5.74, 6) is 0.103. The number of hydrogen-bond acceptors (Lipinski definition) is 5. The zero-order valence-electron chi connectivity index (χ0n) is 14.7. The Labute approximate surface area is 155 Å². The molecule has 0 radical (unpaired) electrons. The third-order valence-corrected chi connectivity index (χ3v) is 5.05. The van der Waals surface area contributed by atoms with Crippen LogP contribution in [0.15, 0.2) is 42.0 Å². The van der Waals surface area contributed by atoms with E-state index >= 15 is 0 Å². The van der Waals surface area contributed by atoms with Crippen molar-refractivity contribution < 1.29 is 9.53 Å². The standard InChI is InChI=1S/C20H17N3O2S/c1-12-8-9-17-18(13(12)2)22-20(26-17)23-19(24)15(11-21)10-14-6-4-5-7-16(14)25-3/h4-10H,1-3H3,(H,22,23,24)/b15-10+. The first-order valence-corrected chi connectivity index (χ1v) is 8.78. The van der Waals surface area contributed by atoms with Gasteiger partial charge in [-0.1, -0.05) is 35.6 Å². The van der Waals surface area contributed by atoms with E-state index in [1.165, 1.54) is 17.4 Å². The van der Waals surface area contributed by atoms with Crippen LogP contribution in [0.3, 0.4) is 0 Å². The molecule has 1 N–H and O–H groups in total. The number of aromatic nitrogens is 1. The van der Waals surface area contributed by atoms with Crippen LogP contribution in [0.5, 0.6) is 5.75 Å². The number of carbonyl (C=O) groups excluding carboxylic acids is 1. The number of amides is 1. The summed E-state index contributed by atoms with van der Waals surface area (Å²) < 4.78 is 6.25. The Hall–Kier alpha value is -3.17. The molecule has 130 valence electrons. The number of carbonyl (C=O) groups is 1.